The first-order chi connectivity index (χ1) is 9.92. The molecular formula is C19H32N2. The number of hydrogen-bond donors (Lipinski definition) is 1. The van der Waals surface area contributed by atoms with Crippen LogP contribution in [0, 0.1) is 5.41 Å². The van der Waals surface area contributed by atoms with Gasteiger partial charge in [-0.1, -0.05) is 38.1 Å². The molecule has 1 N–H and O–H groups in total. The van der Waals surface area contributed by atoms with Gasteiger partial charge in [0, 0.05) is 12.1 Å². The van der Waals surface area contributed by atoms with Crippen LogP contribution in [0.1, 0.15) is 57.7 Å². The second kappa shape index (κ2) is 6.93. The van der Waals surface area contributed by atoms with Crippen LogP contribution in [-0.4, -0.2) is 31.1 Å². The topological polar surface area (TPSA) is 15.3 Å². The summed E-state index contributed by atoms with van der Waals surface area (Å²) in [4.78, 5) is 2.42. The highest BCUT2D eigenvalue weighted by molar-refractivity contribution is 5.34. The van der Waals surface area contributed by atoms with E-state index < -0.39 is 0 Å². The average Bonchev–Trinajstić information content (AvgIpc) is 2.44. The Morgan fingerprint density at radius 3 is 2.71 bits per heavy atom. The maximum absolute atomic E-state index is 3.84. The maximum Gasteiger partial charge on any atom is 0.0374 e. The number of aryl methyl sites for hydroxylation is 1. The monoisotopic (exact) mass is 288 g/mol. The van der Waals surface area contributed by atoms with Gasteiger partial charge in [-0.25, -0.2) is 0 Å². The van der Waals surface area contributed by atoms with Crippen LogP contribution < -0.4 is 5.32 Å². The van der Waals surface area contributed by atoms with Gasteiger partial charge in [-0.3, -0.25) is 0 Å². The lowest BCUT2D eigenvalue weighted by Gasteiger charge is -2.41. The molecule has 118 valence electrons. The van der Waals surface area contributed by atoms with Crippen LogP contribution in [0.15, 0.2) is 24.3 Å². The molecule has 0 bridgehead atoms. The largest absolute Gasteiger partial charge is 0.309 e. The predicted molar refractivity (Wildman–Crippen MR) is 91.7 cm³/mol. The Morgan fingerprint density at radius 1 is 1.29 bits per heavy atom. The van der Waals surface area contributed by atoms with E-state index in [1.54, 1.807) is 0 Å². The number of hydrogen-bond acceptors (Lipinski definition) is 2. The van der Waals surface area contributed by atoms with Crippen molar-refractivity contribution in [1.82, 2.24) is 10.2 Å². The summed E-state index contributed by atoms with van der Waals surface area (Å²) in [6.07, 6.45) is 3.70. The molecule has 1 aliphatic rings. The molecule has 1 aromatic rings. The van der Waals surface area contributed by atoms with E-state index in [1.807, 2.05) is 0 Å². The molecule has 0 saturated carbocycles. The summed E-state index contributed by atoms with van der Waals surface area (Å²) in [6, 6.07) is 10.1. The minimum absolute atomic E-state index is 0.346. The summed E-state index contributed by atoms with van der Waals surface area (Å²) < 4.78 is 0. The van der Waals surface area contributed by atoms with Crippen molar-refractivity contribution in [2.24, 2.45) is 5.41 Å². The van der Waals surface area contributed by atoms with Crippen molar-refractivity contribution in [3.05, 3.63) is 35.4 Å². The van der Waals surface area contributed by atoms with Crippen molar-refractivity contribution < 1.29 is 0 Å². The van der Waals surface area contributed by atoms with Crippen molar-refractivity contribution in [2.75, 3.05) is 20.1 Å². The normalized spacial score (nSPS) is 20.8. The summed E-state index contributed by atoms with van der Waals surface area (Å²) >= 11 is 0. The molecule has 0 aliphatic heterocycles. The molecular weight excluding hydrogens is 256 g/mol. The van der Waals surface area contributed by atoms with Crippen molar-refractivity contribution >= 4 is 0 Å². The van der Waals surface area contributed by atoms with E-state index in [4.69, 9.17) is 0 Å². The minimum atomic E-state index is 0.346. The lowest BCUT2D eigenvalue weighted by atomic mass is 9.70. The lowest BCUT2D eigenvalue weighted by molar-refractivity contribution is 0.203. The van der Waals surface area contributed by atoms with E-state index in [0.29, 0.717) is 17.5 Å². The minimum Gasteiger partial charge on any atom is -0.309 e. The highest BCUT2D eigenvalue weighted by Gasteiger charge is 2.35. The summed E-state index contributed by atoms with van der Waals surface area (Å²) in [5.41, 5.74) is 3.40. The Bertz CT molecular complexity index is 451. The standard InChI is InChI=1S/C19H32N2/c1-15(2)21(5)14-8-13-20-18-17-10-7-6-9-16(17)11-12-19(18,3)4/h6-7,9-10,15,18,20H,8,11-14H2,1-5H3. The lowest BCUT2D eigenvalue weighted by Crippen LogP contribution is -2.39. The molecule has 0 fully saturated rings. The van der Waals surface area contributed by atoms with Crippen LogP contribution in [0.3, 0.4) is 0 Å². The molecule has 0 aromatic heterocycles. The molecule has 0 saturated heterocycles. The van der Waals surface area contributed by atoms with Crippen molar-refractivity contribution in [3.63, 3.8) is 0 Å². The van der Waals surface area contributed by atoms with Crippen LogP contribution in [0.4, 0.5) is 0 Å². The molecule has 1 aliphatic carbocycles. The van der Waals surface area contributed by atoms with Crippen LogP contribution >= 0.6 is 0 Å². The predicted octanol–water partition coefficient (Wildman–Crippen LogP) is 4.02. The fourth-order valence-electron chi connectivity index (χ4n) is 3.28. The Morgan fingerprint density at radius 2 is 2.00 bits per heavy atom. The highest BCUT2D eigenvalue weighted by Crippen LogP contribution is 2.43. The fraction of sp³-hybridized carbons (Fsp3) is 0.684. The maximum atomic E-state index is 3.84. The molecule has 2 heteroatoms. The molecule has 0 heterocycles. The Kier molecular flexibility index (Phi) is 5.45. The molecule has 1 unspecified atom stereocenters. The average molecular weight is 288 g/mol. The fourth-order valence-corrected chi connectivity index (χ4v) is 3.28. The van der Waals surface area contributed by atoms with Gasteiger partial charge in [-0.15, -0.1) is 0 Å². The van der Waals surface area contributed by atoms with Gasteiger partial charge >= 0.3 is 0 Å². The van der Waals surface area contributed by atoms with E-state index in [-0.39, 0.29) is 0 Å². The number of nitrogens with zero attached hydrogens (tertiary/aromatic N) is 1. The van der Waals surface area contributed by atoms with Gasteiger partial charge in [-0.2, -0.15) is 0 Å². The van der Waals surface area contributed by atoms with Crippen LogP contribution in [0.25, 0.3) is 0 Å². The highest BCUT2D eigenvalue weighted by atomic mass is 15.1. The quantitative estimate of drug-likeness (QED) is 0.795. The van der Waals surface area contributed by atoms with Gasteiger partial charge in [0.15, 0.2) is 0 Å². The number of fused-ring (bicyclic) bond motifs is 1. The van der Waals surface area contributed by atoms with Crippen LogP contribution in [0.5, 0.6) is 0 Å². The first kappa shape index (κ1) is 16.5. The van der Waals surface area contributed by atoms with Gasteiger partial charge < -0.3 is 10.2 Å². The van der Waals surface area contributed by atoms with Gasteiger partial charge in [0.05, 0.1) is 0 Å². The summed E-state index contributed by atoms with van der Waals surface area (Å²) in [6.45, 7) is 11.6. The van der Waals surface area contributed by atoms with E-state index in [0.717, 1.165) is 6.54 Å². The van der Waals surface area contributed by atoms with Crippen molar-refractivity contribution in [2.45, 2.75) is 59.0 Å². The van der Waals surface area contributed by atoms with Gasteiger partial charge in [0.1, 0.15) is 0 Å². The summed E-state index contributed by atoms with van der Waals surface area (Å²) in [7, 11) is 2.21. The molecule has 0 radical (unpaired) electrons. The zero-order valence-corrected chi connectivity index (χ0v) is 14.4. The van der Waals surface area contributed by atoms with Gasteiger partial charge in [0.25, 0.3) is 0 Å². The molecule has 1 atom stereocenters. The number of nitrogens with one attached hydrogen (secondary N) is 1. The summed E-state index contributed by atoms with van der Waals surface area (Å²) in [5.74, 6) is 0. The molecule has 1 aromatic carbocycles. The third-order valence-electron chi connectivity index (χ3n) is 5.10. The van der Waals surface area contributed by atoms with Crippen LogP contribution in [-0.2, 0) is 6.42 Å². The molecule has 21 heavy (non-hydrogen) atoms. The van der Waals surface area contributed by atoms with E-state index >= 15 is 0 Å². The second-order valence-electron chi connectivity index (χ2n) is 7.50. The number of benzene rings is 1. The Hall–Kier alpha value is -0.860. The van der Waals surface area contributed by atoms with Crippen LogP contribution in [0.2, 0.25) is 0 Å². The van der Waals surface area contributed by atoms with E-state index in [2.05, 4.69) is 69.2 Å². The zero-order chi connectivity index (χ0) is 15.5. The van der Waals surface area contributed by atoms with E-state index in [9.17, 15) is 0 Å². The third kappa shape index (κ3) is 4.08. The van der Waals surface area contributed by atoms with Crippen molar-refractivity contribution in [3.8, 4) is 0 Å². The molecule has 0 spiro atoms. The second-order valence-corrected chi connectivity index (χ2v) is 7.50. The van der Waals surface area contributed by atoms with Gasteiger partial charge in [-0.05, 0) is 69.8 Å². The molecule has 2 nitrogen and oxygen atoms in total. The third-order valence-corrected chi connectivity index (χ3v) is 5.10. The van der Waals surface area contributed by atoms with E-state index in [1.165, 1.54) is 36.9 Å². The first-order valence-electron chi connectivity index (χ1n) is 8.43. The van der Waals surface area contributed by atoms with Crippen molar-refractivity contribution in [1.29, 1.82) is 0 Å². The first-order valence-corrected chi connectivity index (χ1v) is 8.43. The summed E-state index contributed by atoms with van der Waals surface area (Å²) in [5, 5.41) is 3.84. The zero-order valence-electron chi connectivity index (χ0n) is 14.4. The molecule has 2 rings (SSSR count). The Balaban J connectivity index is 1.95. The Labute approximate surface area is 130 Å². The number of rotatable bonds is 6. The SMILES string of the molecule is CC(C)N(C)CCCNC1c2ccccc2CCC1(C)C. The van der Waals surface area contributed by atoms with Gasteiger partial charge in [0.2, 0.25) is 0 Å². The smallest absolute Gasteiger partial charge is 0.0374 e. The molecule has 0 amide bonds.